The Morgan fingerprint density at radius 3 is 1.84 bits per heavy atom. The highest BCUT2D eigenvalue weighted by Crippen LogP contribution is 2.31. The van der Waals surface area contributed by atoms with Gasteiger partial charge in [-0.3, -0.25) is 14.5 Å². The Kier molecular flexibility index (Phi) is 2.23. The second-order valence-corrected chi connectivity index (χ2v) is 5.53. The third-order valence-electron chi connectivity index (χ3n) is 3.18. The molecule has 0 N–H and O–H groups in total. The van der Waals surface area contributed by atoms with Crippen LogP contribution >= 0.6 is 0 Å². The maximum absolute atomic E-state index is 12.5. The van der Waals surface area contributed by atoms with Gasteiger partial charge in [0.15, 0.2) is 5.65 Å². The summed E-state index contributed by atoms with van der Waals surface area (Å²) in [7, 11) is 0. The number of pyridine rings is 2. The molecule has 0 aliphatic carbocycles. The lowest BCUT2D eigenvalue weighted by Crippen LogP contribution is -2.51. The molecule has 19 heavy (non-hydrogen) atoms. The van der Waals surface area contributed by atoms with Gasteiger partial charge in [0, 0.05) is 23.3 Å². The molecule has 5 heteroatoms. The minimum atomic E-state index is -0.565. The van der Waals surface area contributed by atoms with Crippen LogP contribution in [0.2, 0.25) is 0 Å². The molecule has 0 aromatic carbocycles. The summed E-state index contributed by atoms with van der Waals surface area (Å²) >= 11 is 0. The molecule has 0 saturated carbocycles. The van der Waals surface area contributed by atoms with E-state index in [1.54, 1.807) is 24.5 Å². The fraction of sp³-hybridized carbons (Fsp3) is 0.286. The van der Waals surface area contributed by atoms with E-state index >= 15 is 0 Å². The zero-order valence-electron chi connectivity index (χ0n) is 11.0. The van der Waals surface area contributed by atoms with Crippen molar-refractivity contribution in [2.24, 2.45) is 0 Å². The molecule has 96 valence electrons. The zero-order chi connectivity index (χ0) is 13.8. The van der Waals surface area contributed by atoms with Gasteiger partial charge in [0.05, 0.1) is 11.1 Å². The highest BCUT2D eigenvalue weighted by atomic mass is 16.2. The second kappa shape index (κ2) is 3.60. The van der Waals surface area contributed by atoms with Crippen molar-refractivity contribution in [2.75, 3.05) is 0 Å². The molecule has 0 unspecified atom stereocenters. The van der Waals surface area contributed by atoms with Crippen LogP contribution in [0.1, 0.15) is 41.5 Å². The van der Waals surface area contributed by atoms with E-state index in [9.17, 15) is 9.59 Å². The molecule has 0 saturated heterocycles. The zero-order valence-corrected chi connectivity index (χ0v) is 11.0. The molecule has 3 heterocycles. The van der Waals surface area contributed by atoms with Gasteiger partial charge in [-0.15, -0.1) is 0 Å². The van der Waals surface area contributed by atoms with Gasteiger partial charge in [-0.05, 0) is 32.9 Å². The van der Waals surface area contributed by atoms with Gasteiger partial charge in [-0.2, -0.15) is 0 Å². The third kappa shape index (κ3) is 1.54. The van der Waals surface area contributed by atoms with Gasteiger partial charge >= 0.3 is 0 Å². The molecule has 0 atom stereocenters. The van der Waals surface area contributed by atoms with Crippen LogP contribution in [0.3, 0.4) is 0 Å². The molecule has 0 spiro atoms. The summed E-state index contributed by atoms with van der Waals surface area (Å²) in [4.78, 5) is 34.5. The van der Waals surface area contributed by atoms with Crippen molar-refractivity contribution in [3.8, 4) is 0 Å². The number of hydrogen-bond acceptors (Lipinski definition) is 4. The molecule has 2 aromatic rings. The van der Waals surface area contributed by atoms with Crippen molar-refractivity contribution < 1.29 is 9.59 Å². The highest BCUT2D eigenvalue weighted by molar-refractivity contribution is 6.24. The lowest BCUT2D eigenvalue weighted by molar-refractivity contribution is 0.0460. The van der Waals surface area contributed by atoms with Crippen LogP contribution in [0.25, 0.3) is 11.0 Å². The number of nitrogens with zero attached hydrogens (tertiary/aromatic N) is 3. The predicted molar refractivity (Wildman–Crippen MR) is 69.8 cm³/mol. The van der Waals surface area contributed by atoms with E-state index in [0.717, 1.165) is 0 Å². The number of hydrogen-bond donors (Lipinski definition) is 0. The van der Waals surface area contributed by atoms with E-state index in [1.165, 1.54) is 4.90 Å². The summed E-state index contributed by atoms with van der Waals surface area (Å²) in [5.74, 6) is -0.573. The van der Waals surface area contributed by atoms with E-state index in [4.69, 9.17) is 0 Å². The second-order valence-electron chi connectivity index (χ2n) is 5.53. The van der Waals surface area contributed by atoms with Crippen LogP contribution in [-0.4, -0.2) is 32.2 Å². The number of aromatic nitrogens is 2. The topological polar surface area (TPSA) is 63.2 Å². The Hall–Kier alpha value is -2.30. The summed E-state index contributed by atoms with van der Waals surface area (Å²) in [6, 6.07) is 3.28. The Labute approximate surface area is 110 Å². The Balaban J connectivity index is 2.38. The van der Waals surface area contributed by atoms with Gasteiger partial charge < -0.3 is 0 Å². The predicted octanol–water partition coefficient (Wildman–Crippen LogP) is 2.02. The van der Waals surface area contributed by atoms with E-state index in [0.29, 0.717) is 22.2 Å². The smallest absolute Gasteiger partial charge is 0.262 e. The highest BCUT2D eigenvalue weighted by Gasteiger charge is 2.39. The largest absolute Gasteiger partial charge is 0.269 e. The quantitative estimate of drug-likeness (QED) is 0.676. The lowest BCUT2D eigenvalue weighted by atomic mass is 9.94. The van der Waals surface area contributed by atoms with Crippen molar-refractivity contribution in [1.82, 2.24) is 14.9 Å². The van der Waals surface area contributed by atoms with Crippen LogP contribution in [0.15, 0.2) is 24.5 Å². The van der Waals surface area contributed by atoms with Crippen LogP contribution in [0.4, 0.5) is 0 Å². The van der Waals surface area contributed by atoms with E-state index in [1.807, 2.05) is 20.8 Å². The Morgan fingerprint density at radius 2 is 1.42 bits per heavy atom. The first-order valence-electron chi connectivity index (χ1n) is 6.04. The molecule has 2 aromatic heterocycles. The number of carbonyl (C=O) groups excluding carboxylic acids is 2. The summed E-state index contributed by atoms with van der Waals surface area (Å²) in [6.07, 6.45) is 3.09. The Bertz CT molecular complexity index is 665. The Morgan fingerprint density at radius 1 is 0.947 bits per heavy atom. The standard InChI is InChI=1S/C14H13N3O2/c1-14(2,3)17-12(18)8-4-6-15-11-10(8)9(13(17)19)5-7-16-11/h4-7H,1-3H3. The molecule has 1 aliphatic rings. The summed E-state index contributed by atoms with van der Waals surface area (Å²) in [5.41, 5.74) is 0.848. The first-order valence-corrected chi connectivity index (χ1v) is 6.04. The van der Waals surface area contributed by atoms with E-state index < -0.39 is 5.54 Å². The fourth-order valence-corrected chi connectivity index (χ4v) is 2.38. The number of carbonyl (C=O) groups is 2. The molecular formula is C14H13N3O2. The summed E-state index contributed by atoms with van der Waals surface area (Å²) in [5, 5.41) is 0.556. The molecule has 0 fully saturated rings. The summed E-state index contributed by atoms with van der Waals surface area (Å²) < 4.78 is 0. The molecule has 5 nitrogen and oxygen atoms in total. The van der Waals surface area contributed by atoms with Crippen molar-refractivity contribution >= 4 is 22.8 Å². The van der Waals surface area contributed by atoms with Crippen molar-refractivity contribution in [2.45, 2.75) is 26.3 Å². The van der Waals surface area contributed by atoms with Gasteiger partial charge in [0.25, 0.3) is 11.8 Å². The maximum atomic E-state index is 12.5. The lowest BCUT2D eigenvalue weighted by Gasteiger charge is -2.36. The molecule has 0 bridgehead atoms. The molecule has 1 aliphatic heterocycles. The van der Waals surface area contributed by atoms with Crippen LogP contribution in [-0.2, 0) is 0 Å². The maximum Gasteiger partial charge on any atom is 0.262 e. The normalized spacial score (nSPS) is 15.2. The van der Waals surface area contributed by atoms with Crippen molar-refractivity contribution in [3.63, 3.8) is 0 Å². The fourth-order valence-electron chi connectivity index (χ4n) is 2.38. The van der Waals surface area contributed by atoms with Crippen LogP contribution in [0.5, 0.6) is 0 Å². The first-order chi connectivity index (χ1) is 8.91. The number of rotatable bonds is 0. The number of amides is 2. The van der Waals surface area contributed by atoms with Crippen molar-refractivity contribution in [3.05, 3.63) is 35.7 Å². The third-order valence-corrected chi connectivity index (χ3v) is 3.18. The monoisotopic (exact) mass is 255 g/mol. The minimum absolute atomic E-state index is 0.287. The summed E-state index contributed by atoms with van der Waals surface area (Å²) in [6.45, 7) is 5.52. The minimum Gasteiger partial charge on any atom is -0.269 e. The molecule has 0 radical (unpaired) electrons. The average molecular weight is 255 g/mol. The van der Waals surface area contributed by atoms with Gasteiger partial charge in [-0.25, -0.2) is 9.97 Å². The number of imide groups is 1. The van der Waals surface area contributed by atoms with Gasteiger partial charge in [-0.1, -0.05) is 0 Å². The van der Waals surface area contributed by atoms with Crippen LogP contribution < -0.4 is 0 Å². The SMILES string of the molecule is CC(C)(C)N1C(=O)c2ccnc3nccc(c23)C1=O. The van der Waals surface area contributed by atoms with Gasteiger partial charge in [0.2, 0.25) is 0 Å². The van der Waals surface area contributed by atoms with E-state index in [2.05, 4.69) is 9.97 Å². The molecular weight excluding hydrogens is 242 g/mol. The first kappa shape index (κ1) is 11.8. The van der Waals surface area contributed by atoms with Crippen LogP contribution in [0, 0.1) is 0 Å². The molecule has 3 rings (SSSR count). The van der Waals surface area contributed by atoms with E-state index in [-0.39, 0.29) is 11.8 Å². The molecule has 2 amide bonds. The van der Waals surface area contributed by atoms with Crippen molar-refractivity contribution in [1.29, 1.82) is 0 Å². The van der Waals surface area contributed by atoms with Gasteiger partial charge in [0.1, 0.15) is 0 Å². The average Bonchev–Trinajstić information content (AvgIpc) is 2.34.